The first-order chi connectivity index (χ1) is 9.74. The van der Waals surface area contributed by atoms with E-state index in [1.165, 1.54) is 4.90 Å². The number of anilines is 1. The zero-order valence-electron chi connectivity index (χ0n) is 11.4. The number of nitrogens with one attached hydrogen (secondary N) is 1. The molecule has 0 fully saturated rings. The molecule has 1 heterocycles. The number of rotatable bonds is 6. The highest BCUT2D eigenvalue weighted by molar-refractivity contribution is 9.10. The zero-order valence-corrected chi connectivity index (χ0v) is 13.8. The van der Waals surface area contributed by atoms with Gasteiger partial charge in [0, 0.05) is 19.1 Å². The maximum atomic E-state index is 5.17. The first-order valence-electron chi connectivity index (χ1n) is 6.14. The molecule has 0 saturated heterocycles. The average molecular weight is 354 g/mol. The van der Waals surface area contributed by atoms with E-state index in [1.807, 2.05) is 25.2 Å². The van der Waals surface area contributed by atoms with Crippen LogP contribution in [0.25, 0.3) is 0 Å². The Labute approximate surface area is 131 Å². The minimum Gasteiger partial charge on any atom is -0.378 e. The van der Waals surface area contributed by atoms with Gasteiger partial charge >= 0.3 is 0 Å². The van der Waals surface area contributed by atoms with E-state index in [0.717, 1.165) is 27.6 Å². The van der Waals surface area contributed by atoms with Crippen molar-refractivity contribution in [1.82, 2.24) is 9.97 Å². The second-order valence-corrected chi connectivity index (χ2v) is 5.88. The Bertz CT molecular complexity index is 566. The number of thioether (sulfide) groups is 1. The van der Waals surface area contributed by atoms with Crippen LogP contribution in [0.15, 0.2) is 39.7 Å². The Morgan fingerprint density at radius 3 is 2.65 bits per heavy atom. The van der Waals surface area contributed by atoms with E-state index in [9.17, 15) is 0 Å². The third-order valence-electron chi connectivity index (χ3n) is 2.60. The number of hydrogen-bond donors (Lipinski definition) is 1. The van der Waals surface area contributed by atoms with E-state index in [0.29, 0.717) is 6.61 Å². The fourth-order valence-electron chi connectivity index (χ4n) is 1.67. The van der Waals surface area contributed by atoms with E-state index in [-0.39, 0.29) is 0 Å². The first kappa shape index (κ1) is 15.3. The molecule has 1 N–H and O–H groups in total. The predicted octanol–water partition coefficient (Wildman–Crippen LogP) is 3.72. The van der Waals surface area contributed by atoms with Crippen molar-refractivity contribution in [1.29, 1.82) is 0 Å². The number of methoxy groups -OCH3 is 1. The molecular formula is C14H16BrN3OS. The summed E-state index contributed by atoms with van der Waals surface area (Å²) in [5.41, 5.74) is 0.857. The molecule has 2 aromatic rings. The summed E-state index contributed by atoms with van der Waals surface area (Å²) in [5.74, 6) is 2.30. The Balaban J connectivity index is 2.16. The van der Waals surface area contributed by atoms with Gasteiger partial charge in [-0.05, 0) is 28.1 Å². The average Bonchev–Trinajstić information content (AvgIpc) is 2.49. The summed E-state index contributed by atoms with van der Waals surface area (Å²) >= 11 is 5.21. The molecule has 1 aromatic heterocycles. The van der Waals surface area contributed by atoms with Crippen molar-refractivity contribution in [2.24, 2.45) is 0 Å². The lowest BCUT2D eigenvalue weighted by molar-refractivity contribution is 0.180. The highest BCUT2D eigenvalue weighted by Gasteiger charge is 2.11. The number of hydrogen-bond acceptors (Lipinski definition) is 5. The molecule has 0 unspecified atom stereocenters. The SMILES string of the molecule is CNc1nc(CSc2ccccc2)nc(COC)c1Br. The quantitative estimate of drug-likeness (QED) is 0.802. The summed E-state index contributed by atoms with van der Waals surface area (Å²) in [4.78, 5) is 10.3. The number of nitrogens with zero attached hydrogens (tertiary/aromatic N) is 2. The highest BCUT2D eigenvalue weighted by atomic mass is 79.9. The van der Waals surface area contributed by atoms with E-state index in [4.69, 9.17) is 4.74 Å². The number of ether oxygens (including phenoxy) is 1. The molecule has 4 nitrogen and oxygen atoms in total. The molecule has 0 atom stereocenters. The lowest BCUT2D eigenvalue weighted by Crippen LogP contribution is -2.05. The lowest BCUT2D eigenvalue weighted by Gasteiger charge is -2.10. The maximum Gasteiger partial charge on any atom is 0.144 e. The van der Waals surface area contributed by atoms with Gasteiger partial charge in [-0.2, -0.15) is 0 Å². The molecule has 106 valence electrons. The first-order valence-corrected chi connectivity index (χ1v) is 7.92. The van der Waals surface area contributed by atoms with Gasteiger partial charge in [-0.1, -0.05) is 18.2 Å². The van der Waals surface area contributed by atoms with Crippen LogP contribution in [0.4, 0.5) is 5.82 Å². The molecule has 0 bridgehead atoms. The second-order valence-electron chi connectivity index (χ2n) is 4.03. The van der Waals surface area contributed by atoms with Crippen LogP contribution in [0, 0.1) is 0 Å². The topological polar surface area (TPSA) is 47.0 Å². The van der Waals surface area contributed by atoms with Crippen LogP contribution in [0.3, 0.4) is 0 Å². The minimum atomic E-state index is 0.459. The second kappa shape index (κ2) is 7.61. The Morgan fingerprint density at radius 2 is 2.00 bits per heavy atom. The number of benzene rings is 1. The third kappa shape index (κ3) is 3.94. The summed E-state index contributed by atoms with van der Waals surface area (Å²) in [5, 5.41) is 3.07. The predicted molar refractivity (Wildman–Crippen MR) is 86.0 cm³/mol. The summed E-state index contributed by atoms with van der Waals surface area (Å²) in [6.07, 6.45) is 0. The Kier molecular flexibility index (Phi) is 5.82. The van der Waals surface area contributed by atoms with E-state index >= 15 is 0 Å². The van der Waals surface area contributed by atoms with Gasteiger partial charge in [-0.3, -0.25) is 0 Å². The number of halogens is 1. The Hall–Kier alpha value is -1.11. The van der Waals surface area contributed by atoms with Crippen molar-refractivity contribution in [3.8, 4) is 0 Å². The van der Waals surface area contributed by atoms with Crippen molar-refractivity contribution in [2.75, 3.05) is 19.5 Å². The fraction of sp³-hybridized carbons (Fsp3) is 0.286. The van der Waals surface area contributed by atoms with Crippen molar-refractivity contribution in [3.63, 3.8) is 0 Å². The van der Waals surface area contributed by atoms with E-state index in [1.54, 1.807) is 18.9 Å². The van der Waals surface area contributed by atoms with Crippen LogP contribution in [0.1, 0.15) is 11.5 Å². The minimum absolute atomic E-state index is 0.459. The van der Waals surface area contributed by atoms with Crippen LogP contribution in [-0.4, -0.2) is 24.1 Å². The van der Waals surface area contributed by atoms with Crippen molar-refractivity contribution < 1.29 is 4.74 Å². The van der Waals surface area contributed by atoms with Gasteiger partial charge in [-0.15, -0.1) is 11.8 Å². The van der Waals surface area contributed by atoms with Crippen molar-refractivity contribution in [2.45, 2.75) is 17.3 Å². The summed E-state index contributed by atoms with van der Waals surface area (Å²) in [6, 6.07) is 10.2. The van der Waals surface area contributed by atoms with Crippen LogP contribution >= 0.6 is 27.7 Å². The van der Waals surface area contributed by atoms with E-state index < -0.39 is 0 Å². The summed E-state index contributed by atoms with van der Waals surface area (Å²) < 4.78 is 6.03. The van der Waals surface area contributed by atoms with Gasteiger partial charge in [0.1, 0.15) is 11.6 Å². The molecule has 0 radical (unpaired) electrons. The fourth-order valence-corrected chi connectivity index (χ4v) is 2.94. The molecule has 0 aliphatic rings. The summed E-state index contributed by atoms with van der Waals surface area (Å²) in [7, 11) is 3.50. The monoisotopic (exact) mass is 353 g/mol. The molecule has 0 saturated carbocycles. The normalized spacial score (nSPS) is 10.6. The van der Waals surface area contributed by atoms with Gasteiger partial charge in [-0.25, -0.2) is 9.97 Å². The molecule has 1 aromatic carbocycles. The molecule has 20 heavy (non-hydrogen) atoms. The number of aromatic nitrogens is 2. The maximum absolute atomic E-state index is 5.17. The molecule has 0 aliphatic carbocycles. The van der Waals surface area contributed by atoms with Crippen LogP contribution in [0.5, 0.6) is 0 Å². The molecule has 0 aliphatic heterocycles. The molecule has 2 rings (SSSR count). The largest absolute Gasteiger partial charge is 0.378 e. The van der Waals surface area contributed by atoms with Gasteiger partial charge in [0.2, 0.25) is 0 Å². The van der Waals surface area contributed by atoms with E-state index in [2.05, 4.69) is 43.3 Å². The van der Waals surface area contributed by atoms with Gasteiger partial charge in [0.25, 0.3) is 0 Å². The standard InChI is InChI=1S/C14H16BrN3OS/c1-16-14-13(15)11(8-19-2)17-12(18-14)9-20-10-6-4-3-5-7-10/h3-7H,8-9H2,1-2H3,(H,16,17,18). The van der Waals surface area contributed by atoms with Crippen LogP contribution in [0.2, 0.25) is 0 Å². The molecule has 0 amide bonds. The van der Waals surface area contributed by atoms with Gasteiger partial charge < -0.3 is 10.1 Å². The zero-order chi connectivity index (χ0) is 14.4. The van der Waals surface area contributed by atoms with Gasteiger partial charge in [0.15, 0.2) is 0 Å². The van der Waals surface area contributed by atoms with Crippen molar-refractivity contribution >= 4 is 33.5 Å². The molecule has 0 spiro atoms. The van der Waals surface area contributed by atoms with Crippen molar-refractivity contribution in [3.05, 3.63) is 46.3 Å². The van der Waals surface area contributed by atoms with Crippen LogP contribution < -0.4 is 5.32 Å². The summed E-state index contributed by atoms with van der Waals surface area (Å²) in [6.45, 7) is 0.459. The van der Waals surface area contributed by atoms with Crippen LogP contribution in [-0.2, 0) is 17.1 Å². The third-order valence-corrected chi connectivity index (χ3v) is 4.44. The highest BCUT2D eigenvalue weighted by Crippen LogP contribution is 2.26. The molecule has 6 heteroatoms. The Morgan fingerprint density at radius 1 is 1.25 bits per heavy atom. The molecular weight excluding hydrogens is 338 g/mol. The lowest BCUT2D eigenvalue weighted by atomic mass is 10.4. The smallest absolute Gasteiger partial charge is 0.144 e. The van der Waals surface area contributed by atoms with Gasteiger partial charge in [0.05, 0.1) is 22.5 Å².